The van der Waals surface area contributed by atoms with Crippen LogP contribution in [-0.4, -0.2) is 118 Å². The predicted octanol–water partition coefficient (Wildman–Crippen LogP) is 2.41. The molecule has 5 aliphatic heterocycles. The summed E-state index contributed by atoms with van der Waals surface area (Å²) in [5.41, 5.74) is 0.792. The van der Waals surface area contributed by atoms with Gasteiger partial charge in [-0.3, -0.25) is 19.3 Å². The molecule has 1 unspecified atom stereocenters. The van der Waals surface area contributed by atoms with E-state index in [0.717, 1.165) is 31.7 Å². The maximum Gasteiger partial charge on any atom is 0.247 e. The molecule has 232 valence electrons. The number of ether oxygens (including phenoxy) is 1. The van der Waals surface area contributed by atoms with E-state index in [2.05, 4.69) is 17.1 Å². The highest BCUT2D eigenvalue weighted by molar-refractivity contribution is 8.02. The van der Waals surface area contributed by atoms with Crippen molar-refractivity contribution in [2.24, 2.45) is 17.8 Å². The van der Waals surface area contributed by atoms with Crippen LogP contribution in [0.15, 0.2) is 54.6 Å². The third-order valence-corrected chi connectivity index (χ3v) is 12.1. The second-order valence-corrected chi connectivity index (χ2v) is 14.5. The molecule has 9 nitrogen and oxygen atoms in total. The average molecular weight is 609 g/mol. The van der Waals surface area contributed by atoms with Crippen molar-refractivity contribution < 1.29 is 24.2 Å². The fourth-order valence-electron chi connectivity index (χ4n) is 7.81. The summed E-state index contributed by atoms with van der Waals surface area (Å²) in [6.45, 7) is 11.1. The van der Waals surface area contributed by atoms with E-state index in [1.165, 1.54) is 0 Å². The molecule has 1 aromatic rings. The van der Waals surface area contributed by atoms with Gasteiger partial charge in [-0.05, 0) is 25.0 Å². The molecule has 5 heterocycles. The molecule has 0 bridgehead atoms. The summed E-state index contributed by atoms with van der Waals surface area (Å²) in [6.07, 6.45) is 8.96. The van der Waals surface area contributed by atoms with Crippen LogP contribution < -0.4 is 4.90 Å². The van der Waals surface area contributed by atoms with Gasteiger partial charge >= 0.3 is 0 Å². The van der Waals surface area contributed by atoms with Crippen LogP contribution in [0.4, 0.5) is 5.69 Å². The first-order valence-corrected chi connectivity index (χ1v) is 16.5. The molecule has 43 heavy (non-hydrogen) atoms. The van der Waals surface area contributed by atoms with Crippen LogP contribution in [0.3, 0.4) is 0 Å². The van der Waals surface area contributed by atoms with Gasteiger partial charge in [0.15, 0.2) is 0 Å². The Morgan fingerprint density at radius 1 is 0.977 bits per heavy atom. The van der Waals surface area contributed by atoms with Gasteiger partial charge in [0.2, 0.25) is 17.7 Å². The molecule has 0 aromatic heterocycles. The number of morpholine rings is 1. The summed E-state index contributed by atoms with van der Waals surface area (Å²) >= 11 is 1.59. The van der Waals surface area contributed by atoms with E-state index in [4.69, 9.17) is 4.74 Å². The Labute approximate surface area is 258 Å². The van der Waals surface area contributed by atoms with Crippen LogP contribution in [0.2, 0.25) is 0 Å². The zero-order valence-corrected chi connectivity index (χ0v) is 26.2. The van der Waals surface area contributed by atoms with Crippen molar-refractivity contribution in [1.29, 1.82) is 0 Å². The SMILES string of the molecule is CC[C@H](C)[C@H](CO)N1C(=O)[C@@H]2[C@H]3C(=O)N(c4ccccc4)CC=C[C@@]3(C)S[C@@]23C=CCN(CCN2CCOCC2)C(=O)C13. The highest BCUT2D eigenvalue weighted by Gasteiger charge is 2.74. The number of fused-ring (bicyclic) bond motifs is 2. The van der Waals surface area contributed by atoms with E-state index >= 15 is 0 Å². The summed E-state index contributed by atoms with van der Waals surface area (Å²) < 4.78 is 3.90. The van der Waals surface area contributed by atoms with Crippen LogP contribution in [0.5, 0.6) is 0 Å². The summed E-state index contributed by atoms with van der Waals surface area (Å²) in [7, 11) is 0. The molecule has 6 rings (SSSR count). The number of para-hydroxylation sites is 1. The number of likely N-dealkylation sites (tertiary alicyclic amines) is 1. The maximum atomic E-state index is 14.8. The van der Waals surface area contributed by atoms with E-state index in [1.54, 1.807) is 21.6 Å². The Kier molecular flexibility index (Phi) is 8.49. The average Bonchev–Trinajstić information content (AvgIpc) is 3.29. The number of benzene rings is 1. The number of aliphatic hydroxyl groups is 1. The van der Waals surface area contributed by atoms with Gasteiger partial charge in [-0.15, -0.1) is 11.8 Å². The van der Waals surface area contributed by atoms with E-state index in [-0.39, 0.29) is 30.2 Å². The predicted molar refractivity (Wildman–Crippen MR) is 168 cm³/mol. The second-order valence-electron chi connectivity index (χ2n) is 12.7. The molecule has 1 N–H and O–H groups in total. The van der Waals surface area contributed by atoms with Gasteiger partial charge in [0.25, 0.3) is 0 Å². The lowest BCUT2D eigenvalue weighted by atomic mass is 9.74. The van der Waals surface area contributed by atoms with Crippen LogP contribution in [0.1, 0.15) is 27.2 Å². The number of thioether (sulfide) groups is 1. The normalized spacial score (nSPS) is 34.1. The van der Waals surface area contributed by atoms with Crippen molar-refractivity contribution in [3.8, 4) is 0 Å². The van der Waals surface area contributed by atoms with Gasteiger partial charge in [-0.2, -0.15) is 0 Å². The fraction of sp³-hybridized carbons (Fsp3) is 0.606. The van der Waals surface area contributed by atoms with Gasteiger partial charge < -0.3 is 24.5 Å². The minimum atomic E-state index is -0.929. The molecule has 7 atom stereocenters. The minimum Gasteiger partial charge on any atom is -0.394 e. The molecule has 10 heteroatoms. The van der Waals surface area contributed by atoms with E-state index in [1.807, 2.05) is 68.2 Å². The summed E-state index contributed by atoms with van der Waals surface area (Å²) in [6, 6.07) is 8.26. The van der Waals surface area contributed by atoms with Crippen LogP contribution in [-0.2, 0) is 19.1 Å². The maximum absolute atomic E-state index is 14.8. The lowest BCUT2D eigenvalue weighted by Crippen LogP contribution is -2.58. The lowest BCUT2D eigenvalue weighted by Gasteiger charge is -2.41. The van der Waals surface area contributed by atoms with Gasteiger partial charge in [0.1, 0.15) is 6.04 Å². The Balaban J connectivity index is 1.41. The van der Waals surface area contributed by atoms with Crippen LogP contribution in [0.25, 0.3) is 0 Å². The first-order valence-electron chi connectivity index (χ1n) is 15.7. The molecule has 0 saturated carbocycles. The number of anilines is 1. The van der Waals surface area contributed by atoms with Crippen LogP contribution in [0, 0.1) is 17.8 Å². The molecule has 0 radical (unpaired) electrons. The Bertz CT molecular complexity index is 1290. The zero-order chi connectivity index (χ0) is 30.4. The number of hydrogen-bond donors (Lipinski definition) is 1. The Morgan fingerprint density at radius 3 is 2.40 bits per heavy atom. The molecule has 0 aliphatic carbocycles. The molecular weight excluding hydrogens is 564 g/mol. The van der Waals surface area contributed by atoms with Gasteiger partial charge in [0.05, 0.1) is 42.4 Å². The topological polar surface area (TPSA) is 93.6 Å². The summed E-state index contributed by atoms with van der Waals surface area (Å²) in [5.74, 6) is -1.81. The third-order valence-electron chi connectivity index (χ3n) is 10.3. The largest absolute Gasteiger partial charge is 0.394 e. The van der Waals surface area contributed by atoms with Crippen LogP contribution >= 0.6 is 11.8 Å². The van der Waals surface area contributed by atoms with Crippen molar-refractivity contribution in [2.45, 2.75) is 48.8 Å². The molecule has 1 aromatic carbocycles. The molecular formula is C33H44N4O5S. The quantitative estimate of drug-likeness (QED) is 0.453. The van der Waals surface area contributed by atoms with Crippen molar-refractivity contribution in [2.75, 3.05) is 64.0 Å². The number of hydrogen-bond acceptors (Lipinski definition) is 7. The van der Waals surface area contributed by atoms with Gasteiger partial charge in [0, 0.05) is 49.7 Å². The second kappa shape index (κ2) is 12.0. The van der Waals surface area contributed by atoms with Crippen molar-refractivity contribution in [3.05, 3.63) is 54.6 Å². The number of rotatable bonds is 8. The smallest absolute Gasteiger partial charge is 0.247 e. The molecule has 3 amide bonds. The van der Waals surface area contributed by atoms with Gasteiger partial charge in [-0.1, -0.05) is 62.8 Å². The first kappa shape index (κ1) is 30.4. The van der Waals surface area contributed by atoms with Gasteiger partial charge in [-0.25, -0.2) is 0 Å². The molecule has 3 fully saturated rings. The Hall–Kier alpha value is -2.66. The highest BCUT2D eigenvalue weighted by Crippen LogP contribution is 2.66. The van der Waals surface area contributed by atoms with E-state index < -0.39 is 33.4 Å². The minimum absolute atomic E-state index is 0.0198. The fourth-order valence-corrected chi connectivity index (χ4v) is 9.95. The molecule has 1 spiro atoms. The highest BCUT2D eigenvalue weighted by atomic mass is 32.2. The standard InChI is InChI=1S/C33H44N4O5S/c1-4-23(2)25(22-38)37-28-31(41)35(17-16-34-18-20-42-21-19-34)14-9-13-33(28)27(30(37)40)26-29(39)36(24-10-6-5-7-11-24)15-8-12-32(26,3)43-33/h5-13,23,25-28,38H,4,14-22H2,1-3H3/t23-,25-,26-,27-,28?,32+,33-/m0/s1. The lowest BCUT2D eigenvalue weighted by molar-refractivity contribution is -0.147. The number of carbonyl (C=O) groups excluding carboxylic acids is 3. The summed E-state index contributed by atoms with van der Waals surface area (Å²) in [4.78, 5) is 51.7. The number of carbonyl (C=O) groups is 3. The monoisotopic (exact) mass is 608 g/mol. The van der Waals surface area contributed by atoms with E-state index in [9.17, 15) is 19.5 Å². The number of aliphatic hydroxyl groups excluding tert-OH is 1. The van der Waals surface area contributed by atoms with Crippen molar-refractivity contribution >= 4 is 35.2 Å². The number of nitrogens with zero attached hydrogens (tertiary/aromatic N) is 4. The van der Waals surface area contributed by atoms with Crippen molar-refractivity contribution in [3.63, 3.8) is 0 Å². The van der Waals surface area contributed by atoms with Crippen molar-refractivity contribution in [1.82, 2.24) is 14.7 Å². The number of amides is 3. The molecule has 5 aliphatic rings. The molecule has 3 saturated heterocycles. The Morgan fingerprint density at radius 2 is 1.70 bits per heavy atom. The third kappa shape index (κ3) is 5.04. The van der Waals surface area contributed by atoms with E-state index in [0.29, 0.717) is 32.8 Å². The zero-order valence-electron chi connectivity index (χ0n) is 25.4. The first-order chi connectivity index (χ1) is 20.8. The summed E-state index contributed by atoms with van der Waals surface area (Å²) in [5, 5.41) is 10.7.